The molecule has 4 rings (SSSR count). The third-order valence-electron chi connectivity index (χ3n) is 4.34. The average Bonchev–Trinajstić information content (AvgIpc) is 3.17. The predicted octanol–water partition coefficient (Wildman–Crippen LogP) is 4.45. The second-order valence-corrected chi connectivity index (χ2v) is 6.80. The summed E-state index contributed by atoms with van der Waals surface area (Å²) in [6, 6.07) is 14.8. The van der Waals surface area contributed by atoms with Crippen molar-refractivity contribution in [2.45, 2.75) is 13.5 Å². The Morgan fingerprint density at radius 1 is 1.07 bits per heavy atom. The molecule has 0 saturated heterocycles. The van der Waals surface area contributed by atoms with Gasteiger partial charge < -0.3 is 20.1 Å². The maximum atomic E-state index is 12.5. The third kappa shape index (κ3) is 4.02. The molecule has 142 valence electrons. The second kappa shape index (κ2) is 7.78. The molecular weight excluding hydrogens is 378 g/mol. The Labute approximate surface area is 167 Å². The molecule has 0 bridgehead atoms. The Hall–Kier alpha value is -3.25. The molecule has 0 unspecified atom stereocenters. The Morgan fingerprint density at radius 2 is 1.89 bits per heavy atom. The van der Waals surface area contributed by atoms with E-state index in [0.717, 1.165) is 22.5 Å². The number of pyridine rings is 1. The SMILES string of the molecule is Cc1ccc(Nc2ccnc(C(=O)NCc3ccc4c(c3)OCO4)c2)cc1Cl. The molecule has 1 amide bonds. The number of fused-ring (bicyclic) bond motifs is 1. The van der Waals surface area contributed by atoms with Gasteiger partial charge in [0.25, 0.3) is 5.91 Å². The Morgan fingerprint density at radius 3 is 2.75 bits per heavy atom. The van der Waals surface area contributed by atoms with Crippen molar-refractivity contribution in [1.29, 1.82) is 0 Å². The van der Waals surface area contributed by atoms with Crippen LogP contribution in [0.3, 0.4) is 0 Å². The number of carbonyl (C=O) groups excluding carboxylic acids is 1. The van der Waals surface area contributed by atoms with Gasteiger partial charge in [0.1, 0.15) is 5.69 Å². The zero-order chi connectivity index (χ0) is 19.5. The van der Waals surface area contributed by atoms with E-state index in [1.54, 1.807) is 18.3 Å². The van der Waals surface area contributed by atoms with E-state index in [0.29, 0.717) is 28.8 Å². The highest BCUT2D eigenvalue weighted by atomic mass is 35.5. The number of nitrogens with one attached hydrogen (secondary N) is 2. The van der Waals surface area contributed by atoms with Gasteiger partial charge in [-0.15, -0.1) is 0 Å². The molecule has 0 spiro atoms. The summed E-state index contributed by atoms with van der Waals surface area (Å²) in [5.74, 6) is 1.14. The van der Waals surface area contributed by atoms with Gasteiger partial charge in [0.2, 0.25) is 6.79 Å². The van der Waals surface area contributed by atoms with E-state index in [1.165, 1.54) is 0 Å². The number of hydrogen-bond acceptors (Lipinski definition) is 5. The zero-order valence-corrected chi connectivity index (χ0v) is 15.9. The summed E-state index contributed by atoms with van der Waals surface area (Å²) in [6.07, 6.45) is 1.59. The molecule has 1 aliphatic rings. The van der Waals surface area contributed by atoms with Crippen molar-refractivity contribution in [3.8, 4) is 11.5 Å². The summed E-state index contributed by atoms with van der Waals surface area (Å²) in [4.78, 5) is 16.6. The zero-order valence-electron chi connectivity index (χ0n) is 15.2. The minimum Gasteiger partial charge on any atom is -0.454 e. The number of ether oxygens (including phenoxy) is 2. The summed E-state index contributed by atoms with van der Waals surface area (Å²) >= 11 is 6.16. The molecule has 0 atom stereocenters. The maximum absolute atomic E-state index is 12.5. The first-order chi connectivity index (χ1) is 13.6. The minimum absolute atomic E-state index is 0.223. The molecule has 0 saturated carbocycles. The maximum Gasteiger partial charge on any atom is 0.270 e. The normalized spacial score (nSPS) is 11.9. The van der Waals surface area contributed by atoms with Crippen LogP contribution in [-0.2, 0) is 6.54 Å². The van der Waals surface area contributed by atoms with Gasteiger partial charge in [-0.05, 0) is 54.4 Å². The second-order valence-electron chi connectivity index (χ2n) is 6.39. The lowest BCUT2D eigenvalue weighted by Gasteiger charge is -2.10. The lowest BCUT2D eigenvalue weighted by atomic mass is 10.2. The number of anilines is 2. The number of amides is 1. The molecule has 28 heavy (non-hydrogen) atoms. The van der Waals surface area contributed by atoms with Gasteiger partial charge in [-0.1, -0.05) is 23.7 Å². The van der Waals surface area contributed by atoms with Gasteiger partial charge in [0.05, 0.1) is 0 Å². The van der Waals surface area contributed by atoms with Crippen molar-refractivity contribution in [3.63, 3.8) is 0 Å². The molecule has 1 aromatic heterocycles. The van der Waals surface area contributed by atoms with E-state index in [-0.39, 0.29) is 12.7 Å². The van der Waals surface area contributed by atoms with Crippen molar-refractivity contribution in [3.05, 3.63) is 76.6 Å². The van der Waals surface area contributed by atoms with Gasteiger partial charge in [0.15, 0.2) is 11.5 Å². The van der Waals surface area contributed by atoms with Crippen LogP contribution in [0.15, 0.2) is 54.7 Å². The molecule has 0 fully saturated rings. The van der Waals surface area contributed by atoms with Crippen LogP contribution in [0.2, 0.25) is 5.02 Å². The van der Waals surface area contributed by atoms with E-state index in [9.17, 15) is 4.79 Å². The topological polar surface area (TPSA) is 72.5 Å². The summed E-state index contributed by atoms with van der Waals surface area (Å²) in [7, 11) is 0. The number of carbonyl (C=O) groups is 1. The molecule has 0 radical (unpaired) electrons. The minimum atomic E-state index is -0.261. The number of aromatic nitrogens is 1. The van der Waals surface area contributed by atoms with Gasteiger partial charge in [-0.25, -0.2) is 0 Å². The smallest absolute Gasteiger partial charge is 0.270 e. The molecule has 1 aliphatic heterocycles. The number of nitrogens with zero attached hydrogens (tertiary/aromatic N) is 1. The summed E-state index contributed by atoms with van der Waals surface area (Å²) in [6.45, 7) is 2.53. The monoisotopic (exact) mass is 395 g/mol. The first-order valence-corrected chi connectivity index (χ1v) is 9.12. The highest BCUT2D eigenvalue weighted by Crippen LogP contribution is 2.32. The summed E-state index contributed by atoms with van der Waals surface area (Å²) in [5, 5.41) is 6.78. The van der Waals surface area contributed by atoms with Crippen LogP contribution in [0, 0.1) is 6.92 Å². The van der Waals surface area contributed by atoms with Crippen LogP contribution >= 0.6 is 11.6 Å². The summed E-state index contributed by atoms with van der Waals surface area (Å²) in [5.41, 5.74) is 3.84. The van der Waals surface area contributed by atoms with Crippen molar-refractivity contribution >= 4 is 28.9 Å². The predicted molar refractivity (Wildman–Crippen MR) is 107 cm³/mol. The molecule has 7 heteroatoms. The van der Waals surface area contributed by atoms with Gasteiger partial charge in [-0.2, -0.15) is 0 Å². The fourth-order valence-corrected chi connectivity index (χ4v) is 2.97. The fourth-order valence-electron chi connectivity index (χ4n) is 2.79. The first kappa shape index (κ1) is 18.1. The van der Waals surface area contributed by atoms with Crippen LogP contribution < -0.4 is 20.1 Å². The van der Waals surface area contributed by atoms with E-state index >= 15 is 0 Å². The lowest BCUT2D eigenvalue weighted by molar-refractivity contribution is 0.0946. The van der Waals surface area contributed by atoms with Crippen molar-refractivity contribution in [1.82, 2.24) is 10.3 Å². The van der Waals surface area contributed by atoms with Gasteiger partial charge in [0, 0.05) is 29.1 Å². The van der Waals surface area contributed by atoms with Crippen LogP contribution in [0.25, 0.3) is 0 Å². The van der Waals surface area contributed by atoms with E-state index in [1.807, 2.05) is 43.3 Å². The molecule has 0 aliphatic carbocycles. The molecule has 2 aromatic carbocycles. The average molecular weight is 396 g/mol. The molecular formula is C21H18ClN3O3. The molecule has 2 N–H and O–H groups in total. The summed E-state index contributed by atoms with van der Waals surface area (Å²) < 4.78 is 10.6. The molecule has 2 heterocycles. The standard InChI is InChI=1S/C21H18ClN3O3/c1-13-2-4-15(9-17(13)22)25-16-6-7-23-18(10-16)21(26)24-11-14-3-5-19-20(8-14)28-12-27-19/h2-10H,11-12H2,1H3,(H,23,25)(H,24,26). The van der Waals surface area contributed by atoms with Crippen molar-refractivity contribution < 1.29 is 14.3 Å². The van der Waals surface area contributed by atoms with E-state index in [2.05, 4.69) is 15.6 Å². The van der Waals surface area contributed by atoms with Gasteiger partial charge in [-0.3, -0.25) is 9.78 Å². The highest BCUT2D eigenvalue weighted by Gasteiger charge is 2.14. The number of halogens is 1. The lowest BCUT2D eigenvalue weighted by Crippen LogP contribution is -2.23. The molecule has 6 nitrogen and oxygen atoms in total. The Bertz CT molecular complexity index is 1040. The number of hydrogen-bond donors (Lipinski definition) is 2. The van der Waals surface area contributed by atoms with Crippen molar-refractivity contribution in [2.75, 3.05) is 12.1 Å². The fraction of sp³-hybridized carbons (Fsp3) is 0.143. The quantitative estimate of drug-likeness (QED) is 0.668. The first-order valence-electron chi connectivity index (χ1n) is 8.74. The van der Waals surface area contributed by atoms with E-state index < -0.39 is 0 Å². The number of rotatable bonds is 5. The highest BCUT2D eigenvalue weighted by molar-refractivity contribution is 6.31. The van der Waals surface area contributed by atoms with Crippen LogP contribution in [0.5, 0.6) is 11.5 Å². The van der Waals surface area contributed by atoms with Crippen LogP contribution in [-0.4, -0.2) is 17.7 Å². The Balaban J connectivity index is 1.41. The number of aryl methyl sites for hydroxylation is 1. The van der Waals surface area contributed by atoms with Crippen molar-refractivity contribution in [2.24, 2.45) is 0 Å². The third-order valence-corrected chi connectivity index (χ3v) is 4.75. The van der Waals surface area contributed by atoms with Crippen LogP contribution in [0.1, 0.15) is 21.6 Å². The number of benzene rings is 2. The Kier molecular flexibility index (Phi) is 5.04. The van der Waals surface area contributed by atoms with Crippen LogP contribution in [0.4, 0.5) is 11.4 Å². The van der Waals surface area contributed by atoms with Gasteiger partial charge >= 0.3 is 0 Å². The molecule has 3 aromatic rings. The van der Waals surface area contributed by atoms with E-state index in [4.69, 9.17) is 21.1 Å². The largest absolute Gasteiger partial charge is 0.454 e.